The van der Waals surface area contributed by atoms with Crippen molar-refractivity contribution in [3.8, 4) is 0 Å². The van der Waals surface area contributed by atoms with E-state index in [2.05, 4.69) is 4.98 Å². The first-order valence-electron chi connectivity index (χ1n) is 5.04. The lowest BCUT2D eigenvalue weighted by atomic mass is 10.2. The quantitative estimate of drug-likeness (QED) is 0.749. The summed E-state index contributed by atoms with van der Waals surface area (Å²) < 4.78 is 24.8. The Labute approximate surface area is 97.4 Å². The largest absolute Gasteiger partial charge is 0.365 e. The predicted octanol–water partition coefficient (Wildman–Crippen LogP) is 0.211. The van der Waals surface area contributed by atoms with Crippen LogP contribution in [0.3, 0.4) is 0 Å². The first kappa shape index (κ1) is 13.3. The maximum absolute atomic E-state index is 12.4. The predicted molar refractivity (Wildman–Crippen MR) is 60.0 cm³/mol. The fourth-order valence-electron chi connectivity index (χ4n) is 1.45. The van der Waals surface area contributed by atoms with E-state index in [1.165, 1.54) is 23.2 Å². The molecule has 0 aromatic carbocycles. The molecule has 17 heavy (non-hydrogen) atoms. The van der Waals surface area contributed by atoms with Gasteiger partial charge in [0.2, 0.25) is 0 Å². The lowest BCUT2D eigenvalue weighted by Gasteiger charge is -2.23. The molecule has 0 aliphatic carbocycles. The van der Waals surface area contributed by atoms with Gasteiger partial charge in [0.05, 0.1) is 12.1 Å². The number of aromatic nitrogens is 1. The fourth-order valence-corrected chi connectivity index (χ4v) is 1.45. The molecule has 0 saturated heterocycles. The van der Waals surface area contributed by atoms with Crippen LogP contribution in [0.4, 0.5) is 14.6 Å². The van der Waals surface area contributed by atoms with Crippen LogP contribution >= 0.6 is 0 Å². The second-order valence-electron chi connectivity index (χ2n) is 3.36. The SMILES string of the molecule is NCCN(CC(F)F)c1ncccc1C(N)=O. The van der Waals surface area contributed by atoms with E-state index in [4.69, 9.17) is 11.5 Å². The topological polar surface area (TPSA) is 85.2 Å². The Morgan fingerprint density at radius 2 is 2.24 bits per heavy atom. The van der Waals surface area contributed by atoms with E-state index < -0.39 is 18.9 Å². The molecule has 1 amide bonds. The zero-order valence-corrected chi connectivity index (χ0v) is 9.14. The van der Waals surface area contributed by atoms with E-state index in [1.807, 2.05) is 0 Å². The van der Waals surface area contributed by atoms with Crippen LogP contribution in [0.2, 0.25) is 0 Å². The minimum absolute atomic E-state index is 0.113. The number of hydrogen-bond donors (Lipinski definition) is 2. The first-order chi connectivity index (χ1) is 8.06. The van der Waals surface area contributed by atoms with Crippen molar-refractivity contribution in [2.75, 3.05) is 24.5 Å². The van der Waals surface area contributed by atoms with Crippen molar-refractivity contribution in [1.82, 2.24) is 4.98 Å². The van der Waals surface area contributed by atoms with Crippen molar-refractivity contribution in [1.29, 1.82) is 0 Å². The van der Waals surface area contributed by atoms with Crippen molar-refractivity contribution in [3.63, 3.8) is 0 Å². The summed E-state index contributed by atoms with van der Waals surface area (Å²) in [5.41, 5.74) is 10.6. The normalized spacial score (nSPS) is 10.6. The molecule has 0 unspecified atom stereocenters. The smallest absolute Gasteiger partial charge is 0.255 e. The maximum atomic E-state index is 12.4. The Morgan fingerprint density at radius 1 is 1.53 bits per heavy atom. The molecule has 1 aromatic heterocycles. The van der Waals surface area contributed by atoms with Crippen molar-refractivity contribution in [2.45, 2.75) is 6.43 Å². The second-order valence-corrected chi connectivity index (χ2v) is 3.36. The van der Waals surface area contributed by atoms with Gasteiger partial charge in [-0.05, 0) is 12.1 Å². The third-order valence-electron chi connectivity index (χ3n) is 2.11. The highest BCUT2D eigenvalue weighted by atomic mass is 19.3. The number of nitrogens with two attached hydrogens (primary N) is 2. The van der Waals surface area contributed by atoms with E-state index in [0.29, 0.717) is 0 Å². The van der Waals surface area contributed by atoms with Gasteiger partial charge in [0.1, 0.15) is 5.82 Å². The van der Waals surface area contributed by atoms with Crippen LogP contribution in [-0.4, -0.2) is 37.0 Å². The zero-order valence-electron chi connectivity index (χ0n) is 9.14. The Kier molecular flexibility index (Phi) is 4.77. The van der Waals surface area contributed by atoms with Crippen LogP contribution in [0.15, 0.2) is 18.3 Å². The van der Waals surface area contributed by atoms with Crippen LogP contribution in [0.5, 0.6) is 0 Å². The molecule has 0 saturated carbocycles. The summed E-state index contributed by atoms with van der Waals surface area (Å²) in [7, 11) is 0. The van der Waals surface area contributed by atoms with Gasteiger partial charge >= 0.3 is 0 Å². The van der Waals surface area contributed by atoms with Gasteiger partial charge in [-0.3, -0.25) is 4.79 Å². The molecule has 5 nitrogen and oxygen atoms in total. The van der Waals surface area contributed by atoms with Crippen LogP contribution < -0.4 is 16.4 Å². The molecule has 0 atom stereocenters. The van der Waals surface area contributed by atoms with Crippen LogP contribution in [-0.2, 0) is 0 Å². The Bertz CT molecular complexity index is 386. The standard InChI is InChI=1S/C10H14F2N4O/c11-8(12)6-16(5-3-13)10-7(9(14)17)2-1-4-15-10/h1-2,4,8H,3,5-6,13H2,(H2,14,17). The van der Waals surface area contributed by atoms with Crippen molar-refractivity contribution in [2.24, 2.45) is 11.5 Å². The van der Waals surface area contributed by atoms with Crippen LogP contribution in [0.1, 0.15) is 10.4 Å². The van der Waals surface area contributed by atoms with Gasteiger partial charge < -0.3 is 16.4 Å². The molecular formula is C10H14F2N4O. The van der Waals surface area contributed by atoms with Gasteiger partial charge in [0.25, 0.3) is 12.3 Å². The number of carbonyl (C=O) groups is 1. The number of primary amides is 1. The Balaban J connectivity index is 3.04. The minimum Gasteiger partial charge on any atom is -0.365 e. The van der Waals surface area contributed by atoms with Gasteiger partial charge in [-0.15, -0.1) is 0 Å². The maximum Gasteiger partial charge on any atom is 0.255 e. The Hall–Kier alpha value is -1.76. The number of nitrogens with zero attached hydrogens (tertiary/aromatic N) is 2. The summed E-state index contributed by atoms with van der Waals surface area (Å²) in [4.78, 5) is 16.3. The van der Waals surface area contributed by atoms with Gasteiger partial charge in [0, 0.05) is 19.3 Å². The Morgan fingerprint density at radius 3 is 2.76 bits per heavy atom. The van der Waals surface area contributed by atoms with E-state index in [0.717, 1.165) is 0 Å². The molecule has 0 fully saturated rings. The van der Waals surface area contributed by atoms with Crippen molar-refractivity contribution < 1.29 is 13.6 Å². The molecule has 0 aliphatic heterocycles. The van der Waals surface area contributed by atoms with Crippen molar-refractivity contribution >= 4 is 11.7 Å². The van der Waals surface area contributed by atoms with Gasteiger partial charge in [-0.25, -0.2) is 13.8 Å². The average Bonchev–Trinajstić information content (AvgIpc) is 2.28. The third-order valence-corrected chi connectivity index (χ3v) is 2.11. The lowest BCUT2D eigenvalue weighted by molar-refractivity contribution is 0.0999. The molecule has 4 N–H and O–H groups in total. The highest BCUT2D eigenvalue weighted by Gasteiger charge is 2.18. The molecule has 1 aromatic rings. The van der Waals surface area contributed by atoms with E-state index in [9.17, 15) is 13.6 Å². The summed E-state index contributed by atoms with van der Waals surface area (Å²) in [6.07, 6.45) is -1.12. The number of hydrogen-bond acceptors (Lipinski definition) is 4. The molecule has 1 heterocycles. The van der Waals surface area contributed by atoms with Crippen LogP contribution in [0, 0.1) is 0 Å². The minimum atomic E-state index is -2.54. The summed E-state index contributed by atoms with van der Waals surface area (Å²) in [5.74, 6) is -0.560. The molecule has 0 bridgehead atoms. The third kappa shape index (κ3) is 3.63. The number of carbonyl (C=O) groups excluding carboxylic acids is 1. The highest BCUT2D eigenvalue weighted by molar-refractivity contribution is 5.97. The number of rotatable bonds is 6. The van der Waals surface area contributed by atoms with E-state index in [-0.39, 0.29) is 24.5 Å². The molecule has 94 valence electrons. The second kappa shape index (κ2) is 6.09. The summed E-state index contributed by atoms with van der Waals surface area (Å²) in [6.45, 7) is -0.169. The van der Waals surface area contributed by atoms with Gasteiger partial charge in [-0.1, -0.05) is 0 Å². The van der Waals surface area contributed by atoms with E-state index in [1.54, 1.807) is 0 Å². The molecule has 7 heteroatoms. The highest BCUT2D eigenvalue weighted by Crippen LogP contribution is 2.17. The number of halogens is 2. The van der Waals surface area contributed by atoms with E-state index >= 15 is 0 Å². The summed E-state index contributed by atoms with van der Waals surface area (Å²) in [6, 6.07) is 2.96. The summed E-state index contributed by atoms with van der Waals surface area (Å²) >= 11 is 0. The lowest BCUT2D eigenvalue weighted by Crippen LogP contribution is -2.35. The molecule has 0 radical (unpaired) electrons. The van der Waals surface area contributed by atoms with Gasteiger partial charge in [0.15, 0.2) is 0 Å². The molecule has 1 rings (SSSR count). The number of alkyl halides is 2. The molecular weight excluding hydrogens is 230 g/mol. The first-order valence-corrected chi connectivity index (χ1v) is 5.04. The average molecular weight is 244 g/mol. The molecule has 0 aliphatic rings. The van der Waals surface area contributed by atoms with Crippen molar-refractivity contribution in [3.05, 3.63) is 23.9 Å². The summed E-state index contributed by atoms with van der Waals surface area (Å²) in [5, 5.41) is 0. The molecule has 0 spiro atoms. The zero-order chi connectivity index (χ0) is 12.8. The van der Waals surface area contributed by atoms with Gasteiger partial charge in [-0.2, -0.15) is 0 Å². The number of pyridine rings is 1. The fraction of sp³-hybridized carbons (Fsp3) is 0.400. The monoisotopic (exact) mass is 244 g/mol. The number of amides is 1. The van der Waals surface area contributed by atoms with Crippen LogP contribution in [0.25, 0.3) is 0 Å². The number of anilines is 1.